The molecule has 3 fully saturated rings. The zero-order valence-electron chi connectivity index (χ0n) is 27.0. The van der Waals surface area contributed by atoms with E-state index in [1.165, 1.54) is 0 Å². The highest BCUT2D eigenvalue weighted by Gasteiger charge is 2.79. The number of nitrogens with zero attached hydrogens (tertiary/aromatic N) is 2. The van der Waals surface area contributed by atoms with Crippen molar-refractivity contribution in [1.29, 1.82) is 0 Å². The van der Waals surface area contributed by atoms with E-state index in [1.54, 1.807) is 15.9 Å². The Labute approximate surface area is 267 Å². The molecule has 3 aliphatic rings. The van der Waals surface area contributed by atoms with Crippen molar-refractivity contribution < 1.29 is 29.0 Å². The van der Waals surface area contributed by atoms with Crippen molar-refractivity contribution in [2.45, 2.75) is 89.0 Å². The first-order valence-electron chi connectivity index (χ1n) is 16.5. The lowest BCUT2D eigenvalue weighted by Gasteiger charge is -2.40. The van der Waals surface area contributed by atoms with E-state index in [0.717, 1.165) is 23.6 Å². The molecule has 5 rings (SSSR count). The topological polar surface area (TPSA) is 96.4 Å². The van der Waals surface area contributed by atoms with E-state index in [2.05, 4.69) is 13.2 Å². The first-order chi connectivity index (χ1) is 21.7. The Balaban J connectivity index is 1.58. The van der Waals surface area contributed by atoms with Gasteiger partial charge in [-0.05, 0) is 73.8 Å². The van der Waals surface area contributed by atoms with Gasteiger partial charge in [0.2, 0.25) is 5.91 Å². The summed E-state index contributed by atoms with van der Waals surface area (Å²) in [5, 5.41) is 12.7. The zero-order chi connectivity index (χ0) is 32.4. The van der Waals surface area contributed by atoms with Gasteiger partial charge >= 0.3 is 5.97 Å². The first-order valence-corrected chi connectivity index (χ1v) is 16.5. The zero-order valence-corrected chi connectivity index (χ0v) is 27.0. The molecule has 3 heterocycles. The fraction of sp³-hybridized carbons (Fsp3) is 0.541. The van der Waals surface area contributed by atoms with Gasteiger partial charge in [-0.1, -0.05) is 63.3 Å². The van der Waals surface area contributed by atoms with Crippen LogP contribution >= 0.6 is 0 Å². The first kappa shape index (κ1) is 32.9. The summed E-state index contributed by atoms with van der Waals surface area (Å²) >= 11 is 0. The predicted molar refractivity (Wildman–Crippen MR) is 176 cm³/mol. The van der Waals surface area contributed by atoms with E-state index in [1.807, 2.05) is 69.3 Å². The Morgan fingerprint density at radius 1 is 1.13 bits per heavy atom. The number of unbranched alkanes of at least 4 members (excludes halogenated alkanes) is 2. The van der Waals surface area contributed by atoms with Crippen molar-refractivity contribution in [3.63, 3.8) is 0 Å². The molecule has 242 valence electrons. The number of hydrogen-bond acceptors (Lipinski definition) is 6. The summed E-state index contributed by atoms with van der Waals surface area (Å²) in [6.07, 6.45) is 7.94. The molecule has 0 aliphatic carbocycles. The summed E-state index contributed by atoms with van der Waals surface area (Å²) in [5.74, 6) is -2.59. The number of rotatable bonds is 15. The molecule has 8 heteroatoms. The standard InChI is InChI=1S/C37H48N2O6/c1-6-9-10-13-21-44-35(43)31-30-33(41)39(29(24-40)22-25(4)5)32(37(30)19-18-36(31,8-3)45-37)34(42)38(20-7-2)28-17-16-26-14-11-12-15-27(26)23-28/h6-7,11-12,14-17,23,25,29-32,40H,1-2,8-10,13,18-22,24H2,3-5H3/t29-,30+,31-,32?,36+,37?/m1/s1. The normalized spacial score (nSPS) is 27.5. The van der Waals surface area contributed by atoms with Gasteiger partial charge in [0.05, 0.1) is 30.8 Å². The number of aliphatic hydroxyl groups is 1. The Hall–Kier alpha value is -3.49. The van der Waals surface area contributed by atoms with Crippen molar-refractivity contribution in [3.8, 4) is 0 Å². The van der Waals surface area contributed by atoms with Gasteiger partial charge in [-0.15, -0.1) is 13.2 Å². The molecule has 2 unspecified atom stereocenters. The molecular formula is C37H48N2O6. The highest BCUT2D eigenvalue weighted by Crippen LogP contribution is 2.65. The average molecular weight is 617 g/mol. The van der Waals surface area contributed by atoms with E-state index >= 15 is 0 Å². The molecule has 2 aromatic rings. The van der Waals surface area contributed by atoms with Crippen LogP contribution in [0.25, 0.3) is 10.8 Å². The van der Waals surface area contributed by atoms with Gasteiger partial charge in [-0.3, -0.25) is 14.4 Å². The van der Waals surface area contributed by atoms with Gasteiger partial charge in [0.15, 0.2) is 0 Å². The Bertz CT molecular complexity index is 1440. The number of benzene rings is 2. The van der Waals surface area contributed by atoms with Crippen LogP contribution in [0.3, 0.4) is 0 Å². The van der Waals surface area contributed by atoms with Gasteiger partial charge < -0.3 is 24.4 Å². The fourth-order valence-corrected chi connectivity index (χ4v) is 8.10. The summed E-state index contributed by atoms with van der Waals surface area (Å²) in [4.78, 5) is 46.7. The molecule has 2 bridgehead atoms. The van der Waals surface area contributed by atoms with E-state index in [0.29, 0.717) is 37.8 Å². The second-order valence-corrected chi connectivity index (χ2v) is 13.3. The second kappa shape index (κ2) is 13.5. The lowest BCUT2D eigenvalue weighted by Crippen LogP contribution is -2.59. The number of carbonyl (C=O) groups excluding carboxylic acids is 3. The predicted octanol–water partition coefficient (Wildman–Crippen LogP) is 5.82. The minimum absolute atomic E-state index is 0.156. The SMILES string of the molecule is C=CCCCCOC(=O)[C@H]1[C@H]2C(=O)N([C@@H](CO)CC(C)C)C(C(=O)N(CC=C)c3ccc4ccccc4c3)C23CC[C@]1(CC)O3. The number of ether oxygens (including phenoxy) is 2. The van der Waals surface area contributed by atoms with Crippen molar-refractivity contribution in [3.05, 3.63) is 67.8 Å². The molecule has 0 saturated carbocycles. The lowest BCUT2D eigenvalue weighted by molar-refractivity contribution is -0.162. The van der Waals surface area contributed by atoms with Crippen molar-refractivity contribution in [2.75, 3.05) is 24.7 Å². The third kappa shape index (κ3) is 5.72. The van der Waals surface area contributed by atoms with Crippen LogP contribution in [0.5, 0.6) is 0 Å². The number of aliphatic hydroxyl groups excluding tert-OH is 1. The third-order valence-corrected chi connectivity index (χ3v) is 10.1. The maximum atomic E-state index is 15.0. The van der Waals surface area contributed by atoms with Crippen molar-refractivity contribution in [1.82, 2.24) is 4.90 Å². The van der Waals surface area contributed by atoms with Crippen LogP contribution in [0, 0.1) is 17.8 Å². The molecule has 3 aliphatic heterocycles. The summed E-state index contributed by atoms with van der Waals surface area (Å²) in [7, 11) is 0. The number of hydrogen-bond donors (Lipinski definition) is 1. The third-order valence-electron chi connectivity index (χ3n) is 10.1. The number of esters is 1. The quantitative estimate of drug-likeness (QED) is 0.154. The maximum absolute atomic E-state index is 15.0. The Morgan fingerprint density at radius 3 is 2.56 bits per heavy atom. The molecule has 2 aromatic carbocycles. The molecule has 6 atom stereocenters. The minimum Gasteiger partial charge on any atom is -0.465 e. The number of amides is 2. The molecule has 1 N–H and O–H groups in total. The molecule has 3 saturated heterocycles. The molecular weight excluding hydrogens is 568 g/mol. The van der Waals surface area contributed by atoms with Crippen LogP contribution in [0.4, 0.5) is 5.69 Å². The maximum Gasteiger partial charge on any atom is 0.312 e. The fourth-order valence-electron chi connectivity index (χ4n) is 8.10. The van der Waals surface area contributed by atoms with Gasteiger partial charge in [-0.2, -0.15) is 0 Å². The number of likely N-dealkylation sites (tertiary alicyclic amines) is 1. The van der Waals surface area contributed by atoms with E-state index < -0.39 is 41.1 Å². The van der Waals surface area contributed by atoms with Crippen LogP contribution in [0.1, 0.15) is 65.7 Å². The smallest absolute Gasteiger partial charge is 0.312 e. The van der Waals surface area contributed by atoms with Gasteiger partial charge in [0.1, 0.15) is 17.6 Å². The average Bonchev–Trinajstić information content (AvgIpc) is 3.65. The van der Waals surface area contributed by atoms with E-state index in [-0.39, 0.29) is 37.5 Å². The molecule has 2 amide bonds. The molecule has 45 heavy (non-hydrogen) atoms. The lowest BCUT2D eigenvalue weighted by atomic mass is 9.65. The van der Waals surface area contributed by atoms with Crippen LogP contribution in [-0.4, -0.2) is 70.8 Å². The minimum atomic E-state index is -1.21. The Morgan fingerprint density at radius 2 is 1.89 bits per heavy atom. The van der Waals surface area contributed by atoms with Crippen LogP contribution in [0.15, 0.2) is 67.8 Å². The summed E-state index contributed by atoms with van der Waals surface area (Å²) in [6, 6.07) is 12.2. The van der Waals surface area contributed by atoms with E-state index in [4.69, 9.17) is 9.47 Å². The second-order valence-electron chi connectivity index (χ2n) is 13.3. The van der Waals surface area contributed by atoms with Gasteiger partial charge in [0.25, 0.3) is 5.91 Å². The highest BCUT2D eigenvalue weighted by molar-refractivity contribution is 6.05. The monoisotopic (exact) mass is 616 g/mol. The number of allylic oxidation sites excluding steroid dienone is 1. The van der Waals surface area contributed by atoms with Crippen LogP contribution in [-0.2, 0) is 23.9 Å². The van der Waals surface area contributed by atoms with Crippen molar-refractivity contribution in [2.24, 2.45) is 17.8 Å². The molecule has 1 spiro atoms. The van der Waals surface area contributed by atoms with Crippen LogP contribution < -0.4 is 4.90 Å². The molecule has 0 aromatic heterocycles. The van der Waals surface area contributed by atoms with Crippen LogP contribution in [0.2, 0.25) is 0 Å². The number of carbonyl (C=O) groups is 3. The summed E-state index contributed by atoms with van der Waals surface area (Å²) in [5.41, 5.74) is -1.41. The van der Waals surface area contributed by atoms with Gasteiger partial charge in [-0.25, -0.2) is 0 Å². The van der Waals surface area contributed by atoms with E-state index in [9.17, 15) is 19.5 Å². The highest BCUT2D eigenvalue weighted by atomic mass is 16.6. The largest absolute Gasteiger partial charge is 0.465 e. The summed E-state index contributed by atoms with van der Waals surface area (Å²) < 4.78 is 12.7. The summed E-state index contributed by atoms with van der Waals surface area (Å²) in [6.45, 7) is 13.9. The van der Waals surface area contributed by atoms with Gasteiger partial charge in [0, 0.05) is 12.2 Å². The number of anilines is 1. The number of fused-ring (bicyclic) bond motifs is 2. The molecule has 0 radical (unpaired) electrons. The Kier molecular flexibility index (Phi) is 9.85. The van der Waals surface area contributed by atoms with Crippen molar-refractivity contribution >= 4 is 34.2 Å². The molecule has 8 nitrogen and oxygen atoms in total.